The number of H-pyrrole nitrogens is 1. The molecule has 0 radical (unpaired) electrons. The van der Waals surface area contributed by atoms with Crippen LogP contribution in [0, 0.1) is 0 Å². The fraction of sp³-hybridized carbons (Fsp3) is 0.0357. The minimum atomic E-state index is 0.840. The highest BCUT2D eigenvalue weighted by molar-refractivity contribution is 6.12. The quantitative estimate of drug-likeness (QED) is 0.151. The number of aromatic nitrogens is 1. The van der Waals surface area contributed by atoms with Gasteiger partial charge in [0.1, 0.15) is 11.3 Å². The third-order valence-electron chi connectivity index (χ3n) is 11.4. The smallest absolute Gasteiger partial charge is 0.143 e. The van der Waals surface area contributed by atoms with Crippen molar-refractivity contribution in [1.29, 1.82) is 0 Å². The average molecular weight is 759 g/mol. The summed E-state index contributed by atoms with van der Waals surface area (Å²) in [4.78, 5) is 6.01. The first kappa shape index (κ1) is 35.8. The first-order valence-corrected chi connectivity index (χ1v) is 20.3. The molecule has 1 N–H and O–H groups in total. The molecule has 2 aromatic heterocycles. The fourth-order valence-corrected chi connectivity index (χ4v) is 8.37. The predicted octanol–water partition coefficient (Wildman–Crippen LogP) is 16.3. The van der Waals surface area contributed by atoms with Crippen LogP contribution in [0.4, 0.5) is 17.1 Å². The molecule has 3 nitrogen and oxygen atoms in total. The molecule has 0 aliphatic rings. The van der Waals surface area contributed by atoms with Gasteiger partial charge in [-0.05, 0) is 88.3 Å². The summed E-state index contributed by atoms with van der Waals surface area (Å²) < 4.78 is 6.49. The summed E-state index contributed by atoms with van der Waals surface area (Å²) >= 11 is 0. The SMILES string of the molecule is C=Cc1c(/C=C\CC)oc2c(-c3ccc(N(c4ccc(-c5ccc(-c6ccccc6)cc5)cc4)c4ccc(-c5cccc6c5[nH]c5ccccc56)cc4)cc3)cccc12. The van der Waals surface area contributed by atoms with Crippen LogP contribution in [-0.4, -0.2) is 4.98 Å². The zero-order chi connectivity index (χ0) is 39.7. The Bertz CT molecular complexity index is 3110. The Morgan fingerprint density at radius 2 is 0.983 bits per heavy atom. The second-order valence-electron chi connectivity index (χ2n) is 14.9. The van der Waals surface area contributed by atoms with Crippen molar-refractivity contribution in [2.45, 2.75) is 13.3 Å². The van der Waals surface area contributed by atoms with Gasteiger partial charge in [-0.2, -0.15) is 0 Å². The number of allylic oxidation sites excluding steroid dienone is 1. The molecule has 0 saturated carbocycles. The fourth-order valence-electron chi connectivity index (χ4n) is 8.37. The van der Waals surface area contributed by atoms with Gasteiger partial charge in [0.2, 0.25) is 0 Å². The van der Waals surface area contributed by atoms with Gasteiger partial charge in [-0.15, -0.1) is 0 Å². The lowest BCUT2D eigenvalue weighted by Crippen LogP contribution is -2.09. The normalized spacial score (nSPS) is 11.5. The van der Waals surface area contributed by atoms with Gasteiger partial charge >= 0.3 is 0 Å². The van der Waals surface area contributed by atoms with E-state index in [1.165, 1.54) is 38.6 Å². The molecule has 2 heterocycles. The van der Waals surface area contributed by atoms with Gasteiger partial charge < -0.3 is 14.3 Å². The number of hydrogen-bond acceptors (Lipinski definition) is 2. The van der Waals surface area contributed by atoms with E-state index in [1.807, 2.05) is 6.08 Å². The summed E-state index contributed by atoms with van der Waals surface area (Å²) in [5.41, 5.74) is 16.7. The summed E-state index contributed by atoms with van der Waals surface area (Å²) in [6, 6.07) is 67.4. The first-order valence-electron chi connectivity index (χ1n) is 20.3. The number of fused-ring (bicyclic) bond motifs is 4. The van der Waals surface area contributed by atoms with Gasteiger partial charge in [-0.1, -0.05) is 171 Å². The van der Waals surface area contributed by atoms with Crippen molar-refractivity contribution in [2.24, 2.45) is 0 Å². The zero-order valence-electron chi connectivity index (χ0n) is 32.9. The van der Waals surface area contributed by atoms with Gasteiger partial charge in [0.15, 0.2) is 0 Å². The van der Waals surface area contributed by atoms with Crippen LogP contribution in [0.5, 0.6) is 0 Å². The number of rotatable bonds is 10. The minimum absolute atomic E-state index is 0.840. The van der Waals surface area contributed by atoms with E-state index in [-0.39, 0.29) is 0 Å². The molecule has 0 unspecified atom stereocenters. The Morgan fingerprint density at radius 1 is 0.492 bits per heavy atom. The monoisotopic (exact) mass is 758 g/mol. The van der Waals surface area contributed by atoms with E-state index in [0.29, 0.717) is 0 Å². The van der Waals surface area contributed by atoms with E-state index in [0.717, 1.165) is 73.5 Å². The number of benzene rings is 8. The van der Waals surface area contributed by atoms with Crippen LogP contribution in [0.1, 0.15) is 24.7 Å². The molecule has 8 aromatic carbocycles. The molecule has 0 atom stereocenters. The molecule has 0 fully saturated rings. The number of aromatic amines is 1. The Kier molecular flexibility index (Phi) is 9.32. The molecule has 0 amide bonds. The molecule has 0 aliphatic carbocycles. The van der Waals surface area contributed by atoms with Crippen LogP contribution >= 0.6 is 0 Å². The summed E-state index contributed by atoms with van der Waals surface area (Å²) in [7, 11) is 0. The Balaban J connectivity index is 1.03. The van der Waals surface area contributed by atoms with Crippen LogP contribution in [-0.2, 0) is 0 Å². The molecule has 59 heavy (non-hydrogen) atoms. The minimum Gasteiger partial charge on any atom is -0.455 e. The van der Waals surface area contributed by atoms with Gasteiger partial charge in [-0.25, -0.2) is 0 Å². The molecular weight excluding hydrogens is 717 g/mol. The largest absolute Gasteiger partial charge is 0.455 e. The summed E-state index contributed by atoms with van der Waals surface area (Å²) in [5.74, 6) is 0.840. The highest BCUT2D eigenvalue weighted by Gasteiger charge is 2.18. The molecular formula is C56H42N2O. The van der Waals surface area contributed by atoms with E-state index in [4.69, 9.17) is 4.42 Å². The van der Waals surface area contributed by atoms with Crippen LogP contribution in [0.2, 0.25) is 0 Å². The standard InChI is InChI=1S/C56H42N2O/c1-3-5-21-54-47(4-2)52-19-12-17-49(56(52)59-54)43-30-36-46(37-31-43)58(44-32-26-41(27-33-44)40-24-22-39(23-25-40)38-13-7-6-8-14-38)45-34-28-42(29-35-45)48-16-11-18-51-50-15-9-10-20-53(50)57-55(48)51/h4-37,57H,2-3H2,1H3/b21-5-. The molecule has 10 aromatic rings. The second kappa shape index (κ2) is 15.4. The van der Waals surface area contributed by atoms with Gasteiger partial charge in [0, 0.05) is 55.4 Å². The summed E-state index contributed by atoms with van der Waals surface area (Å²) in [6.45, 7) is 6.22. The molecule has 0 saturated heterocycles. The third kappa shape index (κ3) is 6.63. The lowest BCUT2D eigenvalue weighted by molar-refractivity contribution is 0.604. The third-order valence-corrected chi connectivity index (χ3v) is 11.4. The van der Waals surface area contributed by atoms with Crippen molar-refractivity contribution in [3.8, 4) is 44.5 Å². The summed E-state index contributed by atoms with van der Waals surface area (Å²) in [6.07, 6.45) is 7.00. The van der Waals surface area contributed by atoms with Crippen LogP contribution in [0.15, 0.2) is 205 Å². The summed E-state index contributed by atoms with van der Waals surface area (Å²) in [5, 5.41) is 3.54. The van der Waals surface area contributed by atoms with E-state index in [9.17, 15) is 0 Å². The second-order valence-corrected chi connectivity index (χ2v) is 14.9. The van der Waals surface area contributed by atoms with Gasteiger partial charge in [0.05, 0.1) is 5.52 Å². The van der Waals surface area contributed by atoms with E-state index in [1.54, 1.807) is 0 Å². The molecule has 0 spiro atoms. The maximum Gasteiger partial charge on any atom is 0.143 e. The lowest BCUT2D eigenvalue weighted by atomic mass is 9.99. The van der Waals surface area contributed by atoms with Crippen molar-refractivity contribution < 1.29 is 4.42 Å². The number of para-hydroxylation sites is 3. The van der Waals surface area contributed by atoms with Crippen molar-refractivity contribution in [2.75, 3.05) is 4.90 Å². The lowest BCUT2D eigenvalue weighted by Gasteiger charge is -2.26. The number of furan rings is 1. The van der Waals surface area contributed by atoms with E-state index < -0.39 is 0 Å². The molecule has 0 aliphatic heterocycles. The van der Waals surface area contributed by atoms with Crippen LogP contribution < -0.4 is 4.90 Å². The highest BCUT2D eigenvalue weighted by atomic mass is 16.3. The number of hydrogen-bond donors (Lipinski definition) is 1. The first-order chi connectivity index (χ1) is 29.2. The number of nitrogens with zero attached hydrogens (tertiary/aromatic N) is 1. The highest BCUT2D eigenvalue weighted by Crippen LogP contribution is 2.41. The van der Waals surface area contributed by atoms with E-state index in [2.05, 4.69) is 224 Å². The Morgan fingerprint density at radius 3 is 1.59 bits per heavy atom. The maximum absolute atomic E-state index is 6.49. The maximum atomic E-state index is 6.49. The Labute approximate surface area is 344 Å². The van der Waals surface area contributed by atoms with E-state index >= 15 is 0 Å². The van der Waals surface area contributed by atoms with Crippen molar-refractivity contribution >= 4 is 62.0 Å². The topological polar surface area (TPSA) is 32.2 Å². The molecule has 3 heteroatoms. The van der Waals surface area contributed by atoms with Crippen molar-refractivity contribution in [3.63, 3.8) is 0 Å². The zero-order valence-corrected chi connectivity index (χ0v) is 32.9. The molecule has 282 valence electrons. The van der Waals surface area contributed by atoms with Crippen LogP contribution in [0.3, 0.4) is 0 Å². The van der Waals surface area contributed by atoms with Gasteiger partial charge in [0.25, 0.3) is 0 Å². The van der Waals surface area contributed by atoms with Crippen molar-refractivity contribution in [3.05, 3.63) is 212 Å². The van der Waals surface area contributed by atoms with Crippen molar-refractivity contribution in [1.82, 2.24) is 4.98 Å². The van der Waals surface area contributed by atoms with Gasteiger partial charge in [-0.3, -0.25) is 0 Å². The number of nitrogens with one attached hydrogen (secondary N) is 1. The molecule has 0 bridgehead atoms. The van der Waals surface area contributed by atoms with Crippen LogP contribution in [0.25, 0.3) is 89.4 Å². The Hall–Kier alpha value is -7.62. The average Bonchev–Trinajstić information content (AvgIpc) is 3.88. The molecule has 10 rings (SSSR count). The predicted molar refractivity (Wildman–Crippen MR) is 251 cm³/mol. The number of anilines is 3.